The quantitative estimate of drug-likeness (QED) is 0.248. The minimum atomic E-state index is -4.40. The average molecular weight is 535 g/mol. The maximum Gasteiger partial charge on any atom is 0.416 e. The van der Waals surface area contributed by atoms with Crippen LogP contribution in [0.3, 0.4) is 0 Å². The zero-order valence-corrected chi connectivity index (χ0v) is 21.3. The van der Waals surface area contributed by atoms with Gasteiger partial charge >= 0.3 is 12.3 Å². The second kappa shape index (κ2) is 11.3. The van der Waals surface area contributed by atoms with Crippen LogP contribution in [0.25, 0.3) is 33.5 Å². The van der Waals surface area contributed by atoms with Crippen molar-refractivity contribution in [2.75, 3.05) is 26.2 Å². The highest BCUT2D eigenvalue weighted by Gasteiger charge is 2.31. The van der Waals surface area contributed by atoms with Crippen LogP contribution >= 0.6 is 0 Å². The molecule has 0 bridgehead atoms. The van der Waals surface area contributed by atoms with E-state index < -0.39 is 11.7 Å². The third-order valence-electron chi connectivity index (χ3n) is 6.89. The van der Waals surface area contributed by atoms with Crippen LogP contribution in [0.5, 0.6) is 0 Å². The summed E-state index contributed by atoms with van der Waals surface area (Å²) in [5, 5.41) is 3.49. The lowest BCUT2D eigenvalue weighted by atomic mass is 10.0. The van der Waals surface area contributed by atoms with Gasteiger partial charge in [-0.15, -0.1) is 0 Å². The van der Waals surface area contributed by atoms with E-state index in [1.165, 1.54) is 6.07 Å². The molecule has 1 saturated heterocycles. The molecule has 4 aromatic rings. The summed E-state index contributed by atoms with van der Waals surface area (Å²) in [4.78, 5) is 21.1. The van der Waals surface area contributed by atoms with Gasteiger partial charge in [-0.25, -0.2) is 9.78 Å². The molecule has 1 amide bonds. The largest absolute Gasteiger partial charge is 0.445 e. The molecule has 0 aliphatic carbocycles. The summed E-state index contributed by atoms with van der Waals surface area (Å²) in [5.41, 5.74) is 4.19. The summed E-state index contributed by atoms with van der Waals surface area (Å²) in [6.07, 6.45) is -2.16. The summed E-state index contributed by atoms with van der Waals surface area (Å²) in [6.45, 7) is 6.76. The number of rotatable bonds is 8. The van der Waals surface area contributed by atoms with E-state index in [1.54, 1.807) is 11.0 Å². The molecule has 0 spiro atoms. The van der Waals surface area contributed by atoms with E-state index in [2.05, 4.69) is 46.1 Å². The van der Waals surface area contributed by atoms with Crippen molar-refractivity contribution in [3.05, 3.63) is 90.5 Å². The minimum Gasteiger partial charge on any atom is -0.445 e. The molecule has 1 aliphatic rings. The average Bonchev–Trinajstić information content (AvgIpc) is 3.59. The number of halogens is 3. The van der Waals surface area contributed by atoms with Crippen LogP contribution in [-0.4, -0.2) is 47.2 Å². The Morgan fingerprint density at radius 3 is 2.46 bits per heavy atom. The molecule has 0 saturated carbocycles. The summed E-state index contributed by atoms with van der Waals surface area (Å²) >= 11 is 0. The van der Waals surface area contributed by atoms with E-state index in [0.29, 0.717) is 35.9 Å². The molecule has 202 valence electrons. The van der Waals surface area contributed by atoms with Gasteiger partial charge in [0, 0.05) is 31.7 Å². The van der Waals surface area contributed by atoms with Gasteiger partial charge in [0.1, 0.15) is 12.4 Å². The Labute approximate surface area is 224 Å². The molecule has 1 atom stereocenters. The van der Waals surface area contributed by atoms with Crippen LogP contribution in [0.2, 0.25) is 0 Å². The number of hydrogen-bond acceptors (Lipinski definition) is 4. The van der Waals surface area contributed by atoms with E-state index in [-0.39, 0.29) is 12.7 Å². The monoisotopic (exact) mass is 534 g/mol. The topological polar surface area (TPSA) is 70.2 Å². The third kappa shape index (κ3) is 6.31. The number of amides is 1. The van der Waals surface area contributed by atoms with Crippen molar-refractivity contribution in [2.45, 2.75) is 19.1 Å². The van der Waals surface area contributed by atoms with Crippen molar-refractivity contribution in [1.82, 2.24) is 20.2 Å². The number of benzene rings is 3. The predicted molar refractivity (Wildman–Crippen MR) is 145 cm³/mol. The molecule has 1 unspecified atom stereocenters. The Hall–Kier alpha value is -4.11. The maximum absolute atomic E-state index is 13.0. The second-order valence-electron chi connectivity index (χ2n) is 9.69. The summed E-state index contributed by atoms with van der Waals surface area (Å²) < 4.78 is 44.2. The predicted octanol–water partition coefficient (Wildman–Crippen LogP) is 6.65. The van der Waals surface area contributed by atoms with E-state index in [9.17, 15) is 18.0 Å². The number of alkyl halides is 3. The molecule has 39 heavy (non-hydrogen) atoms. The Kier molecular flexibility index (Phi) is 7.70. The number of aromatic amines is 1. The van der Waals surface area contributed by atoms with Crippen molar-refractivity contribution < 1.29 is 22.7 Å². The van der Waals surface area contributed by atoms with Crippen LogP contribution < -0.4 is 5.32 Å². The molecule has 0 radical (unpaired) electrons. The van der Waals surface area contributed by atoms with Crippen molar-refractivity contribution in [1.29, 1.82) is 0 Å². The Morgan fingerprint density at radius 2 is 1.77 bits per heavy atom. The van der Waals surface area contributed by atoms with Crippen LogP contribution in [-0.2, 0) is 17.5 Å². The lowest BCUT2D eigenvalue weighted by molar-refractivity contribution is -0.137. The van der Waals surface area contributed by atoms with Gasteiger partial charge in [-0.05, 0) is 47.2 Å². The number of aromatic nitrogens is 2. The number of carbonyl (C=O) groups is 1. The summed E-state index contributed by atoms with van der Waals surface area (Å²) in [7, 11) is 0. The fourth-order valence-electron chi connectivity index (χ4n) is 4.77. The zero-order valence-electron chi connectivity index (χ0n) is 21.3. The van der Waals surface area contributed by atoms with Gasteiger partial charge in [0.15, 0.2) is 0 Å². The highest BCUT2D eigenvalue weighted by molar-refractivity contribution is 5.80. The number of hydrogen-bond donors (Lipinski definition) is 2. The van der Waals surface area contributed by atoms with Crippen LogP contribution in [0.4, 0.5) is 18.0 Å². The SMILES string of the molecule is C=CCOC(=O)N1CCC(CNCc2ccc(-c3ccc(-c4nc5ccc(C(F)(F)F)cc5[nH]4)cc3)cc2)C1. The molecule has 2 N–H and O–H groups in total. The van der Waals surface area contributed by atoms with Crippen LogP contribution in [0.1, 0.15) is 17.5 Å². The highest BCUT2D eigenvalue weighted by atomic mass is 19.4. The van der Waals surface area contributed by atoms with Crippen LogP contribution in [0.15, 0.2) is 79.4 Å². The number of ether oxygens (including phenoxy) is 1. The highest BCUT2D eigenvalue weighted by Crippen LogP contribution is 2.32. The van der Waals surface area contributed by atoms with E-state index in [0.717, 1.165) is 53.9 Å². The lowest BCUT2D eigenvalue weighted by Crippen LogP contribution is -2.31. The molecule has 1 aromatic heterocycles. The number of likely N-dealkylation sites (tertiary alicyclic amines) is 1. The first-order valence-corrected chi connectivity index (χ1v) is 12.8. The Balaban J connectivity index is 1.15. The molecule has 2 heterocycles. The fourth-order valence-corrected chi connectivity index (χ4v) is 4.77. The molecule has 6 nitrogen and oxygen atoms in total. The lowest BCUT2D eigenvalue weighted by Gasteiger charge is -2.16. The normalized spacial score (nSPS) is 15.6. The molecule has 9 heteroatoms. The number of fused-ring (bicyclic) bond motifs is 1. The Bertz CT molecular complexity index is 1450. The van der Waals surface area contributed by atoms with Gasteiger partial charge in [-0.3, -0.25) is 0 Å². The van der Waals surface area contributed by atoms with Crippen molar-refractivity contribution in [2.24, 2.45) is 5.92 Å². The fraction of sp³-hybridized carbons (Fsp3) is 0.267. The molecule has 1 aliphatic heterocycles. The maximum atomic E-state index is 13.0. The molecule has 5 rings (SSSR count). The second-order valence-corrected chi connectivity index (χ2v) is 9.69. The van der Waals surface area contributed by atoms with Gasteiger partial charge in [0.2, 0.25) is 0 Å². The van der Waals surface area contributed by atoms with Crippen molar-refractivity contribution in [3.63, 3.8) is 0 Å². The van der Waals surface area contributed by atoms with Crippen LogP contribution in [0, 0.1) is 5.92 Å². The van der Waals surface area contributed by atoms with Crippen molar-refractivity contribution >= 4 is 17.1 Å². The van der Waals surface area contributed by atoms with Gasteiger partial charge in [0.25, 0.3) is 0 Å². The first-order chi connectivity index (χ1) is 18.8. The van der Waals surface area contributed by atoms with Crippen molar-refractivity contribution in [3.8, 4) is 22.5 Å². The third-order valence-corrected chi connectivity index (χ3v) is 6.89. The summed E-state index contributed by atoms with van der Waals surface area (Å²) in [6, 6.07) is 19.6. The number of nitrogens with zero attached hydrogens (tertiary/aromatic N) is 2. The molecule has 1 fully saturated rings. The van der Waals surface area contributed by atoms with Gasteiger partial charge in [0.05, 0.1) is 16.6 Å². The van der Waals surface area contributed by atoms with Gasteiger partial charge < -0.3 is 19.9 Å². The van der Waals surface area contributed by atoms with Gasteiger partial charge in [-0.1, -0.05) is 61.2 Å². The first-order valence-electron chi connectivity index (χ1n) is 12.8. The standard InChI is InChI=1S/C30H29F3N4O2/c1-2-15-39-29(38)37-14-13-21(19-37)18-34-17-20-3-5-22(6-4-20)23-7-9-24(10-8-23)28-35-26-12-11-25(30(31,32)33)16-27(26)36-28/h2-12,16,21,34H,1,13-15,17-19H2,(H,35,36). The first kappa shape index (κ1) is 26.5. The number of imidazole rings is 1. The summed E-state index contributed by atoms with van der Waals surface area (Å²) in [5.74, 6) is 0.925. The number of H-pyrrole nitrogens is 1. The molecular weight excluding hydrogens is 505 g/mol. The minimum absolute atomic E-state index is 0.231. The number of carbonyl (C=O) groups excluding carboxylic acids is 1. The van der Waals surface area contributed by atoms with E-state index in [4.69, 9.17) is 4.74 Å². The number of nitrogens with one attached hydrogen (secondary N) is 2. The van der Waals surface area contributed by atoms with E-state index in [1.807, 2.05) is 24.3 Å². The van der Waals surface area contributed by atoms with E-state index >= 15 is 0 Å². The van der Waals surface area contributed by atoms with Gasteiger partial charge in [-0.2, -0.15) is 13.2 Å². The zero-order chi connectivity index (χ0) is 27.4. The smallest absolute Gasteiger partial charge is 0.416 e. The molecular formula is C30H29F3N4O2. The Morgan fingerprint density at radius 1 is 1.08 bits per heavy atom. The molecule has 3 aromatic carbocycles.